The van der Waals surface area contributed by atoms with Gasteiger partial charge in [-0.15, -0.1) is 11.3 Å². The molecule has 4 heterocycles. The molecule has 1 saturated heterocycles. The first-order valence-corrected chi connectivity index (χ1v) is 16.9. The average Bonchev–Trinajstić information content (AvgIpc) is 3.50. The molecule has 1 atom stereocenters. The van der Waals surface area contributed by atoms with Gasteiger partial charge >= 0.3 is 6.03 Å². The summed E-state index contributed by atoms with van der Waals surface area (Å²) in [5.74, 6) is 1.24. The lowest BCUT2D eigenvalue weighted by Gasteiger charge is -2.32. The van der Waals surface area contributed by atoms with Crippen molar-refractivity contribution in [2.75, 3.05) is 23.3 Å². The number of carbonyl (C=O) groups is 3. The molecule has 0 saturated carbocycles. The number of anilines is 3. The highest BCUT2D eigenvalue weighted by Crippen LogP contribution is 2.46. The number of para-hydroxylation sites is 1. The molecule has 12 heteroatoms. The lowest BCUT2D eigenvalue weighted by molar-refractivity contribution is -0.127. The molecular weight excluding hydrogens is 653 g/mol. The van der Waals surface area contributed by atoms with Crippen LogP contribution in [0.25, 0.3) is 10.2 Å². The van der Waals surface area contributed by atoms with E-state index in [1.54, 1.807) is 46.3 Å². The van der Waals surface area contributed by atoms with Gasteiger partial charge < -0.3 is 25.0 Å². The summed E-state index contributed by atoms with van der Waals surface area (Å²) >= 11 is 1.22. The number of carbonyl (C=O) groups excluding carboxylic acids is 3. The molecule has 7 rings (SSSR count). The smallest absolute Gasteiger partial charge is 0.331 e. The number of pyridine rings is 1. The van der Waals surface area contributed by atoms with Gasteiger partial charge in [0, 0.05) is 25.3 Å². The number of rotatable bonds is 9. The molecule has 0 unspecified atom stereocenters. The summed E-state index contributed by atoms with van der Waals surface area (Å²) in [7, 11) is 0. The van der Waals surface area contributed by atoms with Crippen molar-refractivity contribution >= 4 is 56.5 Å². The Morgan fingerprint density at radius 1 is 1.12 bits per heavy atom. The minimum atomic E-state index is -0.402. The SMILES string of the molecule is C=CC(=O)N1CCC[C@@H](NC(=O)c2sc3nccc4c3c2NC(=O)N4c2ccc(Oc3cccc(COc4ccccc4C#N)c3)cc2C)C1. The molecule has 2 N–H and O–H groups in total. The highest BCUT2D eigenvalue weighted by atomic mass is 32.1. The minimum absolute atomic E-state index is 0.160. The summed E-state index contributed by atoms with van der Waals surface area (Å²) in [5.41, 5.74) is 3.84. The summed E-state index contributed by atoms with van der Waals surface area (Å²) in [4.78, 5) is 48.2. The summed E-state index contributed by atoms with van der Waals surface area (Å²) < 4.78 is 12.1. The van der Waals surface area contributed by atoms with Crippen LogP contribution in [-0.2, 0) is 11.4 Å². The maximum Gasteiger partial charge on any atom is 0.331 e. The fourth-order valence-electron chi connectivity index (χ4n) is 6.28. The summed E-state index contributed by atoms with van der Waals surface area (Å²) in [5, 5.41) is 16.0. The second-order valence-corrected chi connectivity index (χ2v) is 13.0. The van der Waals surface area contributed by atoms with E-state index in [9.17, 15) is 19.6 Å². The fraction of sp³-hybridized carbons (Fsp3) is 0.184. The maximum absolute atomic E-state index is 13.7. The van der Waals surface area contributed by atoms with Gasteiger partial charge in [-0.2, -0.15) is 5.26 Å². The lowest BCUT2D eigenvalue weighted by Crippen LogP contribution is -2.49. The Balaban J connectivity index is 1.09. The molecule has 0 aliphatic carbocycles. The quantitative estimate of drug-likeness (QED) is 0.154. The molecule has 2 aliphatic rings. The Morgan fingerprint density at radius 3 is 2.78 bits per heavy atom. The zero-order valence-corrected chi connectivity index (χ0v) is 28.0. The van der Waals surface area contributed by atoms with Crippen molar-refractivity contribution in [2.45, 2.75) is 32.4 Å². The number of amides is 4. The summed E-state index contributed by atoms with van der Waals surface area (Å²) in [6, 6.07) is 23.4. The van der Waals surface area contributed by atoms with Crippen LogP contribution in [0.5, 0.6) is 17.2 Å². The third-order valence-corrected chi connectivity index (χ3v) is 9.74. The zero-order valence-electron chi connectivity index (χ0n) is 27.1. The van der Waals surface area contributed by atoms with Crippen molar-refractivity contribution in [1.29, 1.82) is 5.26 Å². The molecule has 50 heavy (non-hydrogen) atoms. The number of nitrogens with zero attached hydrogens (tertiary/aromatic N) is 4. The molecule has 0 spiro atoms. The first kappa shape index (κ1) is 32.4. The maximum atomic E-state index is 13.7. The van der Waals surface area contributed by atoms with Gasteiger partial charge in [0.25, 0.3) is 5.91 Å². The number of ether oxygens (including phenoxy) is 2. The van der Waals surface area contributed by atoms with Gasteiger partial charge in [0.2, 0.25) is 5.91 Å². The van der Waals surface area contributed by atoms with E-state index >= 15 is 0 Å². The molecule has 0 radical (unpaired) electrons. The van der Waals surface area contributed by atoms with Crippen LogP contribution < -0.4 is 25.0 Å². The van der Waals surface area contributed by atoms with Crippen LogP contribution in [-0.4, -0.2) is 46.9 Å². The number of nitrogens with one attached hydrogen (secondary N) is 2. The number of aryl methyl sites for hydroxylation is 1. The molecule has 5 aromatic rings. The standard InChI is InChI=1S/C38H32N6O5S/c1-3-32(45)43-17-7-10-26(21-43)41-36(46)35-34-33-30(15-16-40-37(33)50-35)44(38(47)42-34)29-14-13-28(18-23(29)2)49-27-11-6-8-24(19-27)22-48-31-12-5-4-9-25(31)20-39/h3-6,8-9,11-16,18-19,26H,1,7,10,17,21-22H2,2H3,(H,41,46)(H,42,47)/t26-/m1/s1. The third-order valence-electron chi connectivity index (χ3n) is 8.64. The lowest BCUT2D eigenvalue weighted by atomic mass is 10.1. The van der Waals surface area contributed by atoms with Crippen LogP contribution in [0.1, 0.15) is 39.2 Å². The third kappa shape index (κ3) is 6.34. The number of nitriles is 1. The van der Waals surface area contributed by atoms with E-state index in [4.69, 9.17) is 9.47 Å². The van der Waals surface area contributed by atoms with Crippen LogP contribution in [0.15, 0.2) is 91.6 Å². The molecule has 2 aromatic heterocycles. The molecule has 1 fully saturated rings. The molecule has 3 aromatic carbocycles. The zero-order chi connectivity index (χ0) is 34.8. The second kappa shape index (κ2) is 13.7. The van der Waals surface area contributed by atoms with E-state index in [2.05, 4.69) is 28.3 Å². The van der Waals surface area contributed by atoms with Crippen molar-refractivity contribution < 1.29 is 23.9 Å². The highest BCUT2D eigenvalue weighted by molar-refractivity contribution is 7.21. The normalized spacial score (nSPS) is 15.2. The Bertz CT molecular complexity index is 2210. The van der Waals surface area contributed by atoms with Crippen LogP contribution in [0.2, 0.25) is 0 Å². The van der Waals surface area contributed by atoms with Gasteiger partial charge in [0.1, 0.15) is 39.6 Å². The van der Waals surface area contributed by atoms with E-state index in [0.717, 1.165) is 24.0 Å². The number of likely N-dealkylation sites (tertiary alicyclic amines) is 1. The molecular formula is C38H32N6O5S. The molecule has 2 aliphatic heterocycles. The first-order valence-electron chi connectivity index (χ1n) is 16.1. The molecule has 4 amide bonds. The van der Waals surface area contributed by atoms with Gasteiger partial charge in [-0.05, 0) is 85.5 Å². The van der Waals surface area contributed by atoms with Gasteiger partial charge in [-0.1, -0.05) is 30.8 Å². The van der Waals surface area contributed by atoms with E-state index in [-0.39, 0.29) is 24.5 Å². The van der Waals surface area contributed by atoms with E-state index in [0.29, 0.717) is 68.1 Å². The largest absolute Gasteiger partial charge is 0.488 e. The Morgan fingerprint density at radius 2 is 1.96 bits per heavy atom. The van der Waals surface area contributed by atoms with E-state index in [1.807, 2.05) is 49.4 Å². The number of benzene rings is 3. The van der Waals surface area contributed by atoms with Crippen molar-refractivity contribution in [3.05, 3.63) is 113 Å². The topological polar surface area (TPSA) is 137 Å². The van der Waals surface area contributed by atoms with Crippen LogP contribution in [0.3, 0.4) is 0 Å². The van der Waals surface area contributed by atoms with Crippen molar-refractivity contribution in [2.24, 2.45) is 0 Å². The molecule has 11 nitrogen and oxygen atoms in total. The Kier molecular flexibility index (Phi) is 8.89. The number of urea groups is 1. The van der Waals surface area contributed by atoms with Gasteiger partial charge in [0.15, 0.2) is 0 Å². The monoisotopic (exact) mass is 684 g/mol. The predicted molar refractivity (Wildman–Crippen MR) is 191 cm³/mol. The van der Waals surface area contributed by atoms with Gasteiger partial charge in [0.05, 0.1) is 28.0 Å². The van der Waals surface area contributed by atoms with Crippen LogP contribution in [0, 0.1) is 18.3 Å². The average molecular weight is 685 g/mol. The first-order chi connectivity index (χ1) is 24.3. The van der Waals surface area contributed by atoms with E-state index in [1.165, 1.54) is 17.4 Å². The summed E-state index contributed by atoms with van der Waals surface area (Å²) in [6.07, 6.45) is 4.43. The van der Waals surface area contributed by atoms with Crippen molar-refractivity contribution in [3.63, 3.8) is 0 Å². The predicted octanol–water partition coefficient (Wildman–Crippen LogP) is 7.44. The van der Waals surface area contributed by atoms with Crippen LogP contribution in [0.4, 0.5) is 21.9 Å². The van der Waals surface area contributed by atoms with E-state index < -0.39 is 6.03 Å². The Labute approximate surface area is 292 Å². The van der Waals surface area contributed by atoms with Gasteiger partial charge in [-0.25, -0.2) is 9.78 Å². The number of aromatic nitrogens is 1. The fourth-order valence-corrected chi connectivity index (χ4v) is 7.30. The second-order valence-electron chi connectivity index (χ2n) is 12.0. The van der Waals surface area contributed by atoms with Crippen molar-refractivity contribution in [1.82, 2.24) is 15.2 Å². The molecule has 0 bridgehead atoms. The Hall–Kier alpha value is -6.19. The highest BCUT2D eigenvalue weighted by Gasteiger charge is 2.34. The number of piperidine rings is 1. The van der Waals surface area contributed by atoms with Crippen molar-refractivity contribution in [3.8, 4) is 23.3 Å². The number of thiophene rings is 1. The van der Waals surface area contributed by atoms with Gasteiger partial charge in [-0.3, -0.25) is 14.5 Å². The van der Waals surface area contributed by atoms with Crippen LogP contribution >= 0.6 is 11.3 Å². The number of hydrogen-bond donors (Lipinski definition) is 2. The minimum Gasteiger partial charge on any atom is -0.488 e. The number of hydrogen-bond acceptors (Lipinski definition) is 8. The summed E-state index contributed by atoms with van der Waals surface area (Å²) in [6.45, 7) is 6.76. The molecule has 250 valence electrons.